The number of anilines is 1. The van der Waals surface area contributed by atoms with E-state index in [0.29, 0.717) is 12.0 Å². The first kappa shape index (κ1) is 16.0. The quantitative estimate of drug-likeness (QED) is 0.799. The van der Waals surface area contributed by atoms with Crippen molar-refractivity contribution in [3.63, 3.8) is 0 Å². The fraction of sp³-hybridized carbons (Fsp3) is 0.647. The molecule has 0 atom stereocenters. The lowest BCUT2D eigenvalue weighted by atomic mass is 10.1. The highest BCUT2D eigenvalue weighted by atomic mass is 15.1. The van der Waals surface area contributed by atoms with Crippen LogP contribution in [0.1, 0.15) is 45.7 Å². The van der Waals surface area contributed by atoms with E-state index < -0.39 is 0 Å². The second-order valence-corrected chi connectivity index (χ2v) is 6.10. The van der Waals surface area contributed by atoms with Crippen molar-refractivity contribution in [3.8, 4) is 0 Å². The van der Waals surface area contributed by atoms with Crippen molar-refractivity contribution in [2.24, 2.45) is 5.92 Å². The van der Waals surface area contributed by atoms with E-state index >= 15 is 0 Å². The van der Waals surface area contributed by atoms with Crippen molar-refractivity contribution in [2.45, 2.75) is 54.1 Å². The molecule has 2 nitrogen and oxygen atoms in total. The predicted molar refractivity (Wildman–Crippen MR) is 85.9 cm³/mol. The molecule has 1 aromatic carbocycles. The molecule has 0 saturated carbocycles. The first-order chi connectivity index (χ1) is 8.93. The molecule has 0 saturated heterocycles. The molecule has 0 aliphatic rings. The molecule has 0 unspecified atom stereocenters. The van der Waals surface area contributed by atoms with Gasteiger partial charge in [0, 0.05) is 31.4 Å². The molecule has 0 spiro atoms. The number of nitrogens with one attached hydrogen (secondary N) is 1. The van der Waals surface area contributed by atoms with Crippen molar-refractivity contribution in [3.05, 3.63) is 29.3 Å². The van der Waals surface area contributed by atoms with E-state index in [9.17, 15) is 0 Å². The van der Waals surface area contributed by atoms with E-state index in [2.05, 4.69) is 70.0 Å². The zero-order chi connectivity index (χ0) is 14.4. The van der Waals surface area contributed by atoms with Crippen molar-refractivity contribution in [1.29, 1.82) is 0 Å². The summed E-state index contributed by atoms with van der Waals surface area (Å²) in [5.41, 5.74) is 4.14. The maximum Gasteiger partial charge on any atom is 0.0412 e. The number of benzene rings is 1. The van der Waals surface area contributed by atoms with Crippen LogP contribution in [0.15, 0.2) is 18.2 Å². The molecular weight excluding hydrogens is 232 g/mol. The third-order valence-electron chi connectivity index (χ3n) is 3.24. The number of rotatable bonds is 7. The van der Waals surface area contributed by atoms with Gasteiger partial charge in [-0.15, -0.1) is 0 Å². The summed E-state index contributed by atoms with van der Waals surface area (Å²) < 4.78 is 0. The predicted octanol–water partition coefficient (Wildman–Crippen LogP) is 3.98. The largest absolute Gasteiger partial charge is 0.371 e. The normalized spacial score (nSPS) is 11.4. The highest BCUT2D eigenvalue weighted by molar-refractivity contribution is 5.55. The maximum absolute atomic E-state index is 3.54. The second kappa shape index (κ2) is 7.54. The molecule has 108 valence electrons. The van der Waals surface area contributed by atoms with Crippen LogP contribution in [-0.2, 0) is 6.54 Å². The van der Waals surface area contributed by atoms with Gasteiger partial charge in [-0.05, 0) is 31.4 Å². The summed E-state index contributed by atoms with van der Waals surface area (Å²) in [6.07, 6.45) is 0. The number of nitrogens with zero attached hydrogens (tertiary/aromatic N) is 1. The van der Waals surface area contributed by atoms with Crippen LogP contribution in [0.25, 0.3) is 0 Å². The fourth-order valence-corrected chi connectivity index (χ4v) is 2.32. The number of aryl methyl sites for hydroxylation is 1. The Bertz CT molecular complexity index is 383. The van der Waals surface area contributed by atoms with E-state index in [1.807, 2.05) is 0 Å². The van der Waals surface area contributed by atoms with Gasteiger partial charge in [-0.3, -0.25) is 0 Å². The van der Waals surface area contributed by atoms with Gasteiger partial charge in [-0.1, -0.05) is 45.4 Å². The van der Waals surface area contributed by atoms with E-state index in [-0.39, 0.29) is 0 Å². The number of hydrogen-bond acceptors (Lipinski definition) is 2. The first-order valence-electron chi connectivity index (χ1n) is 7.51. The molecule has 1 N–H and O–H groups in total. The summed E-state index contributed by atoms with van der Waals surface area (Å²) in [4.78, 5) is 2.49. The summed E-state index contributed by atoms with van der Waals surface area (Å²) in [6.45, 7) is 16.5. The van der Waals surface area contributed by atoms with Gasteiger partial charge in [-0.25, -0.2) is 0 Å². The molecule has 0 radical (unpaired) electrons. The van der Waals surface area contributed by atoms with Crippen LogP contribution in [0.3, 0.4) is 0 Å². The Labute approximate surface area is 119 Å². The maximum atomic E-state index is 3.54. The zero-order valence-corrected chi connectivity index (χ0v) is 13.5. The fourth-order valence-electron chi connectivity index (χ4n) is 2.32. The molecule has 1 aromatic rings. The molecule has 1 rings (SSSR count). The summed E-state index contributed by atoms with van der Waals surface area (Å²) >= 11 is 0. The van der Waals surface area contributed by atoms with Gasteiger partial charge < -0.3 is 10.2 Å². The SMILES string of the molecule is CCN(CC(C)C)c1ccc(C)cc1CNC(C)C. The van der Waals surface area contributed by atoms with Gasteiger partial charge in [-0.2, -0.15) is 0 Å². The van der Waals surface area contributed by atoms with Gasteiger partial charge >= 0.3 is 0 Å². The first-order valence-corrected chi connectivity index (χ1v) is 7.51. The summed E-state index contributed by atoms with van der Waals surface area (Å²) in [6, 6.07) is 7.33. The smallest absolute Gasteiger partial charge is 0.0412 e. The lowest BCUT2D eigenvalue weighted by molar-refractivity contribution is 0.582. The van der Waals surface area contributed by atoms with Crippen molar-refractivity contribution >= 4 is 5.69 Å². The van der Waals surface area contributed by atoms with Crippen LogP contribution in [0.4, 0.5) is 5.69 Å². The average Bonchev–Trinajstić information content (AvgIpc) is 2.33. The molecular formula is C17H30N2. The Kier molecular flexibility index (Phi) is 6.36. The molecule has 0 aliphatic carbocycles. The van der Waals surface area contributed by atoms with Crippen molar-refractivity contribution in [1.82, 2.24) is 5.32 Å². The Morgan fingerprint density at radius 2 is 1.84 bits per heavy atom. The van der Waals surface area contributed by atoms with Crippen LogP contribution in [-0.4, -0.2) is 19.1 Å². The van der Waals surface area contributed by atoms with Gasteiger partial charge in [0.15, 0.2) is 0 Å². The molecule has 0 bridgehead atoms. The van der Waals surface area contributed by atoms with Crippen LogP contribution in [0, 0.1) is 12.8 Å². The Morgan fingerprint density at radius 3 is 2.37 bits per heavy atom. The lowest BCUT2D eigenvalue weighted by Crippen LogP contribution is -2.30. The van der Waals surface area contributed by atoms with Gasteiger partial charge in [0.05, 0.1) is 0 Å². The summed E-state index contributed by atoms with van der Waals surface area (Å²) in [7, 11) is 0. The Morgan fingerprint density at radius 1 is 1.16 bits per heavy atom. The van der Waals surface area contributed by atoms with E-state index in [4.69, 9.17) is 0 Å². The van der Waals surface area contributed by atoms with Crippen LogP contribution in [0.2, 0.25) is 0 Å². The third kappa shape index (κ3) is 5.23. The van der Waals surface area contributed by atoms with Gasteiger partial charge in [0.2, 0.25) is 0 Å². The molecule has 0 fully saturated rings. The minimum absolute atomic E-state index is 0.522. The van der Waals surface area contributed by atoms with Crippen LogP contribution >= 0.6 is 0 Å². The monoisotopic (exact) mass is 262 g/mol. The summed E-state index contributed by atoms with van der Waals surface area (Å²) in [5.74, 6) is 0.687. The molecule has 0 amide bonds. The molecule has 0 aliphatic heterocycles. The number of hydrogen-bond donors (Lipinski definition) is 1. The second-order valence-electron chi connectivity index (χ2n) is 6.10. The molecule has 0 heterocycles. The zero-order valence-electron chi connectivity index (χ0n) is 13.5. The highest BCUT2D eigenvalue weighted by Crippen LogP contribution is 2.23. The third-order valence-corrected chi connectivity index (χ3v) is 3.24. The van der Waals surface area contributed by atoms with Gasteiger partial charge in [0.25, 0.3) is 0 Å². The molecule has 0 aromatic heterocycles. The minimum Gasteiger partial charge on any atom is -0.371 e. The summed E-state index contributed by atoms with van der Waals surface area (Å²) in [5, 5.41) is 3.54. The topological polar surface area (TPSA) is 15.3 Å². The standard InChI is InChI=1S/C17H30N2/c1-7-19(12-13(2)3)17-9-8-15(6)10-16(17)11-18-14(4)5/h8-10,13-14,18H,7,11-12H2,1-6H3. The van der Waals surface area contributed by atoms with E-state index in [1.165, 1.54) is 16.8 Å². The molecule has 19 heavy (non-hydrogen) atoms. The van der Waals surface area contributed by atoms with Crippen LogP contribution in [0.5, 0.6) is 0 Å². The average molecular weight is 262 g/mol. The van der Waals surface area contributed by atoms with Gasteiger partial charge in [0.1, 0.15) is 0 Å². The van der Waals surface area contributed by atoms with Crippen LogP contribution < -0.4 is 10.2 Å². The van der Waals surface area contributed by atoms with Crippen molar-refractivity contribution in [2.75, 3.05) is 18.0 Å². The molecule has 2 heteroatoms. The minimum atomic E-state index is 0.522. The van der Waals surface area contributed by atoms with E-state index in [1.54, 1.807) is 0 Å². The highest BCUT2D eigenvalue weighted by Gasteiger charge is 2.11. The lowest BCUT2D eigenvalue weighted by Gasteiger charge is -2.28. The Balaban J connectivity index is 2.96. The Hall–Kier alpha value is -1.02. The van der Waals surface area contributed by atoms with E-state index in [0.717, 1.165) is 19.6 Å². The van der Waals surface area contributed by atoms with Crippen molar-refractivity contribution < 1.29 is 0 Å².